The molecular formula is C17H22ClFN4O2. The number of carbonyl (C=O) groups is 2. The van der Waals surface area contributed by atoms with E-state index in [0.29, 0.717) is 32.0 Å². The van der Waals surface area contributed by atoms with Crippen LogP contribution in [0.3, 0.4) is 0 Å². The molecule has 1 saturated carbocycles. The van der Waals surface area contributed by atoms with E-state index in [-0.39, 0.29) is 17.1 Å². The van der Waals surface area contributed by atoms with Gasteiger partial charge in [0, 0.05) is 30.9 Å². The summed E-state index contributed by atoms with van der Waals surface area (Å²) in [6.07, 6.45) is 2.38. The summed E-state index contributed by atoms with van der Waals surface area (Å²) < 4.78 is 13.2. The fourth-order valence-electron chi connectivity index (χ4n) is 3.34. The van der Waals surface area contributed by atoms with Gasteiger partial charge in [-0.2, -0.15) is 0 Å². The molecule has 1 heterocycles. The van der Waals surface area contributed by atoms with E-state index in [4.69, 9.17) is 17.3 Å². The van der Waals surface area contributed by atoms with Crippen molar-refractivity contribution in [3.05, 3.63) is 29.0 Å². The number of hydrogen-bond donors (Lipinski definition) is 3. The molecule has 1 aliphatic carbocycles. The van der Waals surface area contributed by atoms with Gasteiger partial charge in [0.1, 0.15) is 5.82 Å². The quantitative estimate of drug-likeness (QED) is 0.693. The highest BCUT2D eigenvalue weighted by Crippen LogP contribution is 2.26. The van der Waals surface area contributed by atoms with Gasteiger partial charge in [-0.15, -0.1) is 0 Å². The number of nitrogens with one attached hydrogen (secondary N) is 2. The maximum absolute atomic E-state index is 13.2. The molecule has 4 N–H and O–H groups in total. The van der Waals surface area contributed by atoms with Gasteiger partial charge in [0.25, 0.3) is 0 Å². The average molecular weight is 369 g/mol. The summed E-state index contributed by atoms with van der Waals surface area (Å²) in [6.45, 7) is 1.87. The molecule has 1 unspecified atom stereocenters. The molecular weight excluding hydrogens is 347 g/mol. The highest BCUT2D eigenvalue weighted by Gasteiger charge is 2.32. The van der Waals surface area contributed by atoms with Crippen LogP contribution in [-0.4, -0.2) is 43.5 Å². The van der Waals surface area contributed by atoms with Crippen molar-refractivity contribution in [2.24, 2.45) is 11.7 Å². The normalized spacial score (nSPS) is 25.4. The predicted molar refractivity (Wildman–Crippen MR) is 93.9 cm³/mol. The zero-order valence-corrected chi connectivity index (χ0v) is 14.6. The highest BCUT2D eigenvalue weighted by atomic mass is 35.5. The molecule has 3 rings (SSSR count). The van der Waals surface area contributed by atoms with Gasteiger partial charge in [0.05, 0.1) is 5.02 Å². The minimum absolute atomic E-state index is 0.0493. The number of nitrogens with zero attached hydrogens (tertiary/aromatic N) is 1. The summed E-state index contributed by atoms with van der Waals surface area (Å²) in [5, 5.41) is 5.56. The van der Waals surface area contributed by atoms with Gasteiger partial charge in [-0.1, -0.05) is 11.6 Å². The van der Waals surface area contributed by atoms with Crippen molar-refractivity contribution in [2.75, 3.05) is 24.5 Å². The molecule has 0 bridgehead atoms. The van der Waals surface area contributed by atoms with Crippen molar-refractivity contribution in [3.8, 4) is 0 Å². The average Bonchev–Trinajstić information content (AvgIpc) is 3.01. The van der Waals surface area contributed by atoms with Crippen molar-refractivity contribution in [1.29, 1.82) is 0 Å². The van der Waals surface area contributed by atoms with Crippen LogP contribution >= 0.6 is 11.6 Å². The van der Waals surface area contributed by atoms with E-state index in [9.17, 15) is 14.0 Å². The van der Waals surface area contributed by atoms with E-state index in [1.165, 1.54) is 6.07 Å². The summed E-state index contributed by atoms with van der Waals surface area (Å²) in [5.41, 5.74) is 6.35. The monoisotopic (exact) mass is 368 g/mol. The van der Waals surface area contributed by atoms with Crippen LogP contribution in [0.25, 0.3) is 0 Å². The largest absolute Gasteiger partial charge is 0.369 e. The van der Waals surface area contributed by atoms with Crippen LogP contribution in [0.2, 0.25) is 5.02 Å². The molecule has 1 aromatic carbocycles. The number of rotatable bonds is 4. The summed E-state index contributed by atoms with van der Waals surface area (Å²) in [6, 6.07) is 4.47. The molecule has 0 aromatic heterocycles. The minimum Gasteiger partial charge on any atom is -0.369 e. The topological polar surface area (TPSA) is 87.5 Å². The van der Waals surface area contributed by atoms with Crippen LogP contribution in [0.15, 0.2) is 18.2 Å². The zero-order valence-electron chi connectivity index (χ0n) is 13.8. The van der Waals surface area contributed by atoms with Gasteiger partial charge in [-0.25, -0.2) is 4.39 Å². The van der Waals surface area contributed by atoms with Gasteiger partial charge in [-0.05, 0) is 49.9 Å². The van der Waals surface area contributed by atoms with E-state index in [2.05, 4.69) is 10.6 Å². The first-order valence-electron chi connectivity index (χ1n) is 8.47. The second kappa shape index (κ2) is 7.58. The Bertz CT molecular complexity index is 666. The Hall–Kier alpha value is -1.86. The number of benzene rings is 1. The lowest BCUT2D eigenvalue weighted by molar-refractivity contribution is -0.140. The third-order valence-corrected chi connectivity index (χ3v) is 5.19. The molecule has 1 aliphatic heterocycles. The first-order valence-corrected chi connectivity index (χ1v) is 8.85. The Balaban J connectivity index is 1.46. The molecule has 25 heavy (non-hydrogen) atoms. The van der Waals surface area contributed by atoms with E-state index >= 15 is 0 Å². The van der Waals surface area contributed by atoms with Gasteiger partial charge in [-0.3, -0.25) is 9.59 Å². The van der Waals surface area contributed by atoms with Crippen molar-refractivity contribution in [3.63, 3.8) is 0 Å². The smallest absolute Gasteiger partial charge is 0.309 e. The number of nitrogens with two attached hydrogens (primary N) is 1. The summed E-state index contributed by atoms with van der Waals surface area (Å²) >= 11 is 5.81. The predicted octanol–water partition coefficient (Wildman–Crippen LogP) is 1.03. The summed E-state index contributed by atoms with van der Waals surface area (Å²) in [5.74, 6) is -1.22. The summed E-state index contributed by atoms with van der Waals surface area (Å²) in [4.78, 5) is 26.0. The Labute approximate surface area is 150 Å². The molecule has 0 spiro atoms. The SMILES string of the molecule is NCC1CC(NC(=O)C(=O)NC2CCN(c3ccc(F)c(Cl)c3)C2)C1. The highest BCUT2D eigenvalue weighted by molar-refractivity contribution is 6.35. The van der Waals surface area contributed by atoms with Crippen LogP contribution in [0.5, 0.6) is 0 Å². The Kier molecular flexibility index (Phi) is 5.44. The van der Waals surface area contributed by atoms with Gasteiger partial charge >= 0.3 is 11.8 Å². The Morgan fingerprint density at radius 1 is 1.24 bits per heavy atom. The molecule has 1 saturated heterocycles. The maximum Gasteiger partial charge on any atom is 0.309 e. The van der Waals surface area contributed by atoms with E-state index in [0.717, 1.165) is 18.5 Å². The van der Waals surface area contributed by atoms with Crippen molar-refractivity contribution in [1.82, 2.24) is 10.6 Å². The van der Waals surface area contributed by atoms with Crippen LogP contribution < -0.4 is 21.3 Å². The third kappa shape index (κ3) is 4.22. The van der Waals surface area contributed by atoms with E-state index < -0.39 is 17.6 Å². The molecule has 136 valence electrons. The molecule has 2 fully saturated rings. The van der Waals surface area contributed by atoms with Gasteiger partial charge < -0.3 is 21.3 Å². The van der Waals surface area contributed by atoms with E-state index in [1.54, 1.807) is 12.1 Å². The van der Waals surface area contributed by atoms with Crippen LogP contribution in [0.4, 0.5) is 10.1 Å². The van der Waals surface area contributed by atoms with Gasteiger partial charge in [0.15, 0.2) is 0 Å². The zero-order chi connectivity index (χ0) is 18.0. The molecule has 1 atom stereocenters. The van der Waals surface area contributed by atoms with Crippen molar-refractivity contribution >= 4 is 29.1 Å². The second-order valence-electron chi connectivity index (χ2n) is 6.75. The van der Waals surface area contributed by atoms with Gasteiger partial charge in [0.2, 0.25) is 0 Å². The molecule has 0 radical (unpaired) electrons. The fraction of sp³-hybridized carbons (Fsp3) is 0.529. The Morgan fingerprint density at radius 2 is 1.92 bits per heavy atom. The number of anilines is 1. The lowest BCUT2D eigenvalue weighted by Gasteiger charge is -2.34. The lowest BCUT2D eigenvalue weighted by Crippen LogP contribution is -2.52. The van der Waals surface area contributed by atoms with Crippen LogP contribution in [0, 0.1) is 11.7 Å². The standard InChI is InChI=1S/C17H22ClFN4O2/c18-14-7-13(1-2-15(14)19)23-4-3-11(9-23)21-16(24)17(25)22-12-5-10(6-12)8-20/h1-2,7,10-12H,3-6,8-9,20H2,(H,21,24)(H,22,25). The van der Waals surface area contributed by atoms with Crippen LogP contribution in [0.1, 0.15) is 19.3 Å². The summed E-state index contributed by atoms with van der Waals surface area (Å²) in [7, 11) is 0. The number of hydrogen-bond acceptors (Lipinski definition) is 4. The molecule has 6 nitrogen and oxygen atoms in total. The number of carbonyl (C=O) groups excluding carboxylic acids is 2. The van der Waals surface area contributed by atoms with Crippen molar-refractivity contribution < 1.29 is 14.0 Å². The number of amides is 2. The molecule has 1 aromatic rings. The lowest BCUT2D eigenvalue weighted by atomic mass is 9.80. The van der Waals surface area contributed by atoms with Crippen molar-refractivity contribution in [2.45, 2.75) is 31.3 Å². The van der Waals surface area contributed by atoms with E-state index in [1.807, 2.05) is 4.90 Å². The fourth-order valence-corrected chi connectivity index (χ4v) is 3.52. The first kappa shape index (κ1) is 17.9. The third-order valence-electron chi connectivity index (χ3n) is 4.90. The second-order valence-corrected chi connectivity index (χ2v) is 7.15. The first-order chi connectivity index (χ1) is 12.0. The van der Waals surface area contributed by atoms with Crippen LogP contribution in [-0.2, 0) is 9.59 Å². The molecule has 8 heteroatoms. The molecule has 2 aliphatic rings. The Morgan fingerprint density at radius 3 is 2.56 bits per heavy atom. The molecule has 2 amide bonds. The maximum atomic E-state index is 13.2. The minimum atomic E-state index is -0.611. The number of halogens is 2.